The van der Waals surface area contributed by atoms with Crippen LogP contribution in [-0.4, -0.2) is 20.8 Å². The lowest BCUT2D eigenvalue weighted by Crippen LogP contribution is -2.37. The van der Waals surface area contributed by atoms with E-state index in [0.717, 1.165) is 11.3 Å². The van der Waals surface area contributed by atoms with E-state index in [-0.39, 0.29) is 5.75 Å². The van der Waals surface area contributed by atoms with E-state index in [9.17, 15) is 8.42 Å². The van der Waals surface area contributed by atoms with Gasteiger partial charge in [-0.25, -0.2) is 13.6 Å². The minimum Gasteiger partial charge on any atom is -0.493 e. The molecule has 0 heterocycles. The molecule has 0 aliphatic carbocycles. The second-order valence-corrected chi connectivity index (χ2v) is 6.73. The van der Waals surface area contributed by atoms with Gasteiger partial charge in [0.15, 0.2) is 0 Å². The molecule has 0 bridgehead atoms. The minimum absolute atomic E-state index is 0.0428. The first-order valence-corrected chi connectivity index (χ1v) is 8.22. The summed E-state index contributed by atoms with van der Waals surface area (Å²) in [5.41, 5.74) is 0.743. The number of sulfonamides is 1. The van der Waals surface area contributed by atoms with E-state index < -0.39 is 15.4 Å². The second kappa shape index (κ2) is 6.39. The molecular weight excluding hydrogens is 262 g/mol. The Hall–Kier alpha value is -1.07. The average molecular weight is 285 g/mol. The molecule has 0 atom stereocenters. The molecule has 4 nitrogen and oxygen atoms in total. The zero-order chi connectivity index (χ0) is 14.5. The average Bonchev–Trinajstić information content (AvgIpc) is 2.35. The molecular formula is C14H23NO3S. The Balaban J connectivity index is 2.76. The Morgan fingerprint density at radius 2 is 1.68 bits per heavy atom. The number of ether oxygens (including phenoxy) is 1. The summed E-state index contributed by atoms with van der Waals surface area (Å²) in [4.78, 5) is 0. The summed E-state index contributed by atoms with van der Waals surface area (Å²) in [5.74, 6) is 0.713. The van der Waals surface area contributed by atoms with E-state index in [1.165, 1.54) is 0 Å². The predicted octanol–water partition coefficient (Wildman–Crippen LogP) is 2.47. The van der Waals surface area contributed by atoms with Crippen LogP contribution in [0.5, 0.6) is 5.75 Å². The molecule has 0 spiro atoms. The first-order chi connectivity index (χ1) is 8.80. The summed E-state index contributed by atoms with van der Waals surface area (Å²) >= 11 is 0. The first kappa shape index (κ1) is 16.0. The molecule has 1 rings (SSSR count). The fraction of sp³-hybridized carbons (Fsp3) is 0.571. The van der Waals surface area contributed by atoms with Gasteiger partial charge in [-0.2, -0.15) is 0 Å². The molecule has 1 aromatic rings. The van der Waals surface area contributed by atoms with E-state index in [1.54, 1.807) is 0 Å². The molecule has 0 aliphatic rings. The Morgan fingerprint density at radius 3 is 2.11 bits per heavy atom. The first-order valence-electron chi connectivity index (χ1n) is 6.50. The van der Waals surface area contributed by atoms with Crippen LogP contribution in [0.1, 0.15) is 32.3 Å². The van der Waals surface area contributed by atoms with Crippen molar-refractivity contribution < 1.29 is 13.2 Å². The van der Waals surface area contributed by atoms with Gasteiger partial charge in [0.2, 0.25) is 10.0 Å². The van der Waals surface area contributed by atoms with E-state index in [1.807, 2.05) is 45.0 Å². The summed E-state index contributed by atoms with van der Waals surface area (Å²) < 4.78 is 28.4. The summed E-state index contributed by atoms with van der Waals surface area (Å²) in [6.07, 6.45) is 1.43. The van der Waals surface area contributed by atoms with Crippen molar-refractivity contribution in [1.29, 1.82) is 0 Å². The fourth-order valence-corrected chi connectivity index (χ4v) is 3.34. The van der Waals surface area contributed by atoms with Gasteiger partial charge in [-0.3, -0.25) is 0 Å². The van der Waals surface area contributed by atoms with Crippen LogP contribution in [0.25, 0.3) is 0 Å². The minimum atomic E-state index is -3.50. The molecule has 108 valence electrons. The van der Waals surface area contributed by atoms with Crippen molar-refractivity contribution in [3.05, 3.63) is 29.8 Å². The molecule has 0 saturated heterocycles. The molecule has 0 radical (unpaired) electrons. The highest BCUT2D eigenvalue weighted by molar-refractivity contribution is 7.89. The number of nitrogens with two attached hydrogens (primary N) is 1. The molecule has 0 unspecified atom stereocenters. The highest BCUT2D eigenvalue weighted by Crippen LogP contribution is 2.29. The van der Waals surface area contributed by atoms with E-state index in [4.69, 9.17) is 9.88 Å². The van der Waals surface area contributed by atoms with E-state index in [2.05, 4.69) is 0 Å². The Bertz CT molecular complexity index is 490. The van der Waals surface area contributed by atoms with Crippen LogP contribution in [0.15, 0.2) is 24.3 Å². The third-order valence-electron chi connectivity index (χ3n) is 3.57. The molecule has 5 heteroatoms. The van der Waals surface area contributed by atoms with Crippen LogP contribution in [0.3, 0.4) is 0 Å². The predicted molar refractivity (Wildman–Crippen MR) is 77.7 cm³/mol. The summed E-state index contributed by atoms with van der Waals surface area (Å²) in [7, 11) is -3.50. The third-order valence-corrected chi connectivity index (χ3v) is 4.59. The summed E-state index contributed by atoms with van der Waals surface area (Å²) in [6.45, 7) is 6.30. The van der Waals surface area contributed by atoms with Gasteiger partial charge in [0, 0.05) is 5.41 Å². The number of primary sulfonamides is 1. The van der Waals surface area contributed by atoms with Gasteiger partial charge in [-0.1, -0.05) is 31.5 Å². The second-order valence-electron chi connectivity index (χ2n) is 5.12. The smallest absolute Gasteiger partial charge is 0.209 e. The van der Waals surface area contributed by atoms with Gasteiger partial charge >= 0.3 is 0 Å². The molecule has 0 fully saturated rings. The SMILES string of the molecule is CCC(CC)(COc1ccc(C)cc1)CS(N)(=O)=O. The van der Waals surface area contributed by atoms with Gasteiger partial charge in [-0.15, -0.1) is 0 Å². The Morgan fingerprint density at radius 1 is 1.16 bits per heavy atom. The molecule has 1 aromatic carbocycles. The molecule has 0 amide bonds. The van der Waals surface area contributed by atoms with Crippen LogP contribution in [0, 0.1) is 12.3 Å². The highest BCUT2D eigenvalue weighted by Gasteiger charge is 2.31. The van der Waals surface area contributed by atoms with Gasteiger partial charge in [0.05, 0.1) is 12.4 Å². The van der Waals surface area contributed by atoms with Crippen LogP contribution in [-0.2, 0) is 10.0 Å². The zero-order valence-electron chi connectivity index (χ0n) is 11.8. The Labute approximate surface area is 116 Å². The lowest BCUT2D eigenvalue weighted by atomic mass is 9.85. The number of aryl methyl sites for hydroxylation is 1. The largest absolute Gasteiger partial charge is 0.493 e. The standard InChI is InChI=1S/C14H23NO3S/c1-4-14(5-2,11-19(15,16)17)10-18-13-8-6-12(3)7-9-13/h6-9H,4-5,10-11H2,1-3H3,(H2,15,16,17). The maximum atomic E-state index is 11.3. The van der Waals surface area contributed by atoms with Gasteiger partial charge < -0.3 is 4.74 Å². The highest BCUT2D eigenvalue weighted by atomic mass is 32.2. The number of hydrogen-bond donors (Lipinski definition) is 1. The normalized spacial score (nSPS) is 12.4. The van der Waals surface area contributed by atoms with Gasteiger partial charge in [-0.05, 0) is 31.9 Å². The van der Waals surface area contributed by atoms with Crippen LogP contribution in [0.4, 0.5) is 0 Å². The van der Waals surface area contributed by atoms with Crippen LogP contribution >= 0.6 is 0 Å². The van der Waals surface area contributed by atoms with Crippen molar-refractivity contribution >= 4 is 10.0 Å². The molecule has 0 aliphatic heterocycles. The number of rotatable bonds is 7. The van der Waals surface area contributed by atoms with Crippen molar-refractivity contribution in [2.24, 2.45) is 10.6 Å². The van der Waals surface area contributed by atoms with Crippen molar-refractivity contribution in [2.75, 3.05) is 12.4 Å². The lowest BCUT2D eigenvalue weighted by Gasteiger charge is -2.30. The molecule has 0 saturated carbocycles. The topological polar surface area (TPSA) is 69.4 Å². The third kappa shape index (κ3) is 5.20. The summed E-state index contributed by atoms with van der Waals surface area (Å²) in [5, 5.41) is 5.18. The molecule has 19 heavy (non-hydrogen) atoms. The van der Waals surface area contributed by atoms with Crippen molar-refractivity contribution in [2.45, 2.75) is 33.6 Å². The maximum Gasteiger partial charge on any atom is 0.209 e. The summed E-state index contributed by atoms with van der Waals surface area (Å²) in [6, 6.07) is 7.72. The number of hydrogen-bond acceptors (Lipinski definition) is 3. The van der Waals surface area contributed by atoms with Crippen molar-refractivity contribution in [3.8, 4) is 5.75 Å². The number of benzene rings is 1. The van der Waals surface area contributed by atoms with Crippen LogP contribution in [0.2, 0.25) is 0 Å². The quantitative estimate of drug-likeness (QED) is 0.836. The maximum absolute atomic E-state index is 11.3. The fourth-order valence-electron chi connectivity index (χ4n) is 2.00. The van der Waals surface area contributed by atoms with Crippen molar-refractivity contribution in [1.82, 2.24) is 0 Å². The lowest BCUT2D eigenvalue weighted by molar-refractivity contribution is 0.154. The molecule has 2 N–H and O–H groups in total. The zero-order valence-corrected chi connectivity index (χ0v) is 12.7. The van der Waals surface area contributed by atoms with Gasteiger partial charge in [0.25, 0.3) is 0 Å². The van der Waals surface area contributed by atoms with Crippen molar-refractivity contribution in [3.63, 3.8) is 0 Å². The monoisotopic (exact) mass is 285 g/mol. The van der Waals surface area contributed by atoms with Gasteiger partial charge in [0.1, 0.15) is 5.75 Å². The molecule has 0 aromatic heterocycles. The van der Waals surface area contributed by atoms with E-state index >= 15 is 0 Å². The van der Waals surface area contributed by atoms with Crippen LogP contribution < -0.4 is 9.88 Å². The Kier molecular flexibility index (Phi) is 5.38. The van der Waals surface area contributed by atoms with E-state index in [0.29, 0.717) is 19.4 Å².